The van der Waals surface area contributed by atoms with Gasteiger partial charge in [-0.05, 0) is 12.8 Å². The van der Waals surface area contributed by atoms with Gasteiger partial charge in [0.15, 0.2) is 0 Å². The molecule has 0 rings (SSSR count). The molecule has 0 aromatic carbocycles. The third-order valence-electron chi connectivity index (χ3n) is 1.67. The Morgan fingerprint density at radius 3 is 2.64 bits per heavy atom. The highest BCUT2D eigenvalue weighted by Gasteiger charge is 1.91. The summed E-state index contributed by atoms with van der Waals surface area (Å²) in [4.78, 5) is 0. The van der Waals surface area contributed by atoms with E-state index in [1.807, 2.05) is 6.08 Å². The smallest absolute Gasteiger partial charge is 0.0377 e. The van der Waals surface area contributed by atoms with E-state index in [0.29, 0.717) is 5.92 Å². The van der Waals surface area contributed by atoms with Crippen molar-refractivity contribution in [2.45, 2.75) is 39.5 Å². The van der Waals surface area contributed by atoms with Gasteiger partial charge in [0.05, 0.1) is 0 Å². The molecule has 0 bridgehead atoms. The third kappa shape index (κ3) is 5.73. The Labute approximate surface area is 70.7 Å². The van der Waals surface area contributed by atoms with Crippen molar-refractivity contribution in [2.75, 3.05) is 0 Å². The zero-order valence-corrected chi connectivity index (χ0v) is 7.69. The van der Waals surface area contributed by atoms with Gasteiger partial charge in [-0.15, -0.1) is 12.5 Å². The lowest BCUT2D eigenvalue weighted by molar-refractivity contribution is 0.793. The second kappa shape index (κ2) is 7.41. The van der Waals surface area contributed by atoms with Crippen LogP contribution in [0.3, 0.4) is 0 Å². The highest BCUT2D eigenvalue weighted by atomic mass is 13.9. The van der Waals surface area contributed by atoms with Crippen LogP contribution >= 0.6 is 0 Å². The van der Waals surface area contributed by atoms with E-state index in [2.05, 4.69) is 32.3 Å². The number of hydrogen-bond donors (Lipinski definition) is 0. The molecule has 0 spiro atoms. The predicted octanol–water partition coefficient (Wildman–Crippen LogP) is 3.39. The van der Waals surface area contributed by atoms with Crippen molar-refractivity contribution in [2.24, 2.45) is 5.92 Å². The lowest BCUT2D eigenvalue weighted by Crippen LogP contribution is -1.87. The number of unbranched alkanes of at least 4 members (excludes halogenated alkanes) is 2. The van der Waals surface area contributed by atoms with E-state index < -0.39 is 0 Å². The van der Waals surface area contributed by atoms with E-state index in [0.717, 1.165) is 12.8 Å². The van der Waals surface area contributed by atoms with Gasteiger partial charge < -0.3 is 0 Å². The average Bonchev–Trinajstić information content (AvgIpc) is 2.05. The zero-order valence-electron chi connectivity index (χ0n) is 7.69. The zero-order chi connectivity index (χ0) is 8.53. The Hall–Kier alpha value is -0.700. The van der Waals surface area contributed by atoms with E-state index in [4.69, 9.17) is 0 Å². The largest absolute Gasteiger partial charge is 0.103 e. The maximum atomic E-state index is 3.73. The van der Waals surface area contributed by atoms with Crippen molar-refractivity contribution in [3.8, 4) is 11.8 Å². The SMILES string of the molecule is C=CC(C#CCCCC)CC. The van der Waals surface area contributed by atoms with Gasteiger partial charge in [-0.1, -0.05) is 32.3 Å². The first-order chi connectivity index (χ1) is 5.35. The summed E-state index contributed by atoms with van der Waals surface area (Å²) < 4.78 is 0. The van der Waals surface area contributed by atoms with Gasteiger partial charge in [0.25, 0.3) is 0 Å². The van der Waals surface area contributed by atoms with Gasteiger partial charge in [0.2, 0.25) is 0 Å². The molecule has 0 aliphatic carbocycles. The highest BCUT2D eigenvalue weighted by Crippen LogP contribution is 2.01. The van der Waals surface area contributed by atoms with Crippen LogP contribution in [-0.4, -0.2) is 0 Å². The maximum absolute atomic E-state index is 3.73. The Bertz CT molecular complexity index is 145. The summed E-state index contributed by atoms with van der Waals surface area (Å²) in [6, 6.07) is 0. The van der Waals surface area contributed by atoms with Crippen molar-refractivity contribution in [1.82, 2.24) is 0 Å². The average molecular weight is 150 g/mol. The van der Waals surface area contributed by atoms with Gasteiger partial charge in [0.1, 0.15) is 0 Å². The molecule has 0 nitrogen and oxygen atoms in total. The lowest BCUT2D eigenvalue weighted by Gasteiger charge is -1.96. The van der Waals surface area contributed by atoms with Crippen LogP contribution in [0.4, 0.5) is 0 Å². The molecular weight excluding hydrogens is 132 g/mol. The Balaban J connectivity index is 3.56. The maximum Gasteiger partial charge on any atom is 0.0377 e. The van der Waals surface area contributed by atoms with E-state index in [9.17, 15) is 0 Å². The van der Waals surface area contributed by atoms with Crippen LogP contribution in [0.15, 0.2) is 12.7 Å². The van der Waals surface area contributed by atoms with E-state index in [-0.39, 0.29) is 0 Å². The molecule has 0 saturated carbocycles. The van der Waals surface area contributed by atoms with Crippen LogP contribution in [0.1, 0.15) is 39.5 Å². The minimum atomic E-state index is 0.409. The van der Waals surface area contributed by atoms with Crippen molar-refractivity contribution >= 4 is 0 Å². The summed E-state index contributed by atoms with van der Waals surface area (Å²) in [6.07, 6.45) is 6.52. The fraction of sp³-hybridized carbons (Fsp3) is 0.636. The van der Waals surface area contributed by atoms with Crippen molar-refractivity contribution in [1.29, 1.82) is 0 Å². The monoisotopic (exact) mass is 150 g/mol. The summed E-state index contributed by atoms with van der Waals surface area (Å²) in [7, 11) is 0. The molecule has 0 aromatic rings. The summed E-state index contributed by atoms with van der Waals surface area (Å²) in [5, 5.41) is 0. The number of allylic oxidation sites excluding steroid dienone is 1. The van der Waals surface area contributed by atoms with Gasteiger partial charge >= 0.3 is 0 Å². The Morgan fingerprint density at radius 2 is 2.18 bits per heavy atom. The molecule has 0 heterocycles. The minimum Gasteiger partial charge on any atom is -0.103 e. The normalized spacial score (nSPS) is 11.5. The quantitative estimate of drug-likeness (QED) is 0.327. The molecule has 1 unspecified atom stereocenters. The van der Waals surface area contributed by atoms with Crippen LogP contribution < -0.4 is 0 Å². The van der Waals surface area contributed by atoms with Crippen molar-refractivity contribution in [3.05, 3.63) is 12.7 Å². The molecule has 0 radical (unpaired) electrons. The predicted molar refractivity (Wildman–Crippen MR) is 51.3 cm³/mol. The van der Waals surface area contributed by atoms with E-state index >= 15 is 0 Å². The van der Waals surface area contributed by atoms with Gasteiger partial charge in [-0.3, -0.25) is 0 Å². The number of hydrogen-bond acceptors (Lipinski definition) is 0. The summed E-state index contributed by atoms with van der Waals surface area (Å²) in [6.45, 7) is 8.05. The summed E-state index contributed by atoms with van der Waals surface area (Å²) in [5.74, 6) is 6.76. The molecule has 0 saturated heterocycles. The first-order valence-corrected chi connectivity index (χ1v) is 4.46. The summed E-state index contributed by atoms with van der Waals surface area (Å²) >= 11 is 0. The first kappa shape index (κ1) is 10.3. The van der Waals surface area contributed by atoms with E-state index in [1.165, 1.54) is 12.8 Å². The molecule has 11 heavy (non-hydrogen) atoms. The molecule has 0 aliphatic heterocycles. The fourth-order valence-electron chi connectivity index (χ4n) is 0.796. The fourth-order valence-corrected chi connectivity index (χ4v) is 0.796. The van der Waals surface area contributed by atoms with Crippen LogP contribution in [0.5, 0.6) is 0 Å². The van der Waals surface area contributed by atoms with Gasteiger partial charge in [0, 0.05) is 12.3 Å². The highest BCUT2D eigenvalue weighted by molar-refractivity contribution is 5.08. The second-order valence-electron chi connectivity index (χ2n) is 2.68. The second-order valence-corrected chi connectivity index (χ2v) is 2.68. The van der Waals surface area contributed by atoms with Crippen LogP contribution in [0.25, 0.3) is 0 Å². The topological polar surface area (TPSA) is 0 Å². The van der Waals surface area contributed by atoms with Crippen molar-refractivity contribution in [3.63, 3.8) is 0 Å². The third-order valence-corrected chi connectivity index (χ3v) is 1.67. The van der Waals surface area contributed by atoms with Crippen molar-refractivity contribution < 1.29 is 0 Å². The molecule has 1 atom stereocenters. The Morgan fingerprint density at radius 1 is 1.45 bits per heavy atom. The van der Waals surface area contributed by atoms with Gasteiger partial charge in [-0.2, -0.15) is 0 Å². The molecule has 0 aliphatic rings. The molecule has 0 fully saturated rings. The molecule has 0 heteroatoms. The van der Waals surface area contributed by atoms with Crippen LogP contribution in [-0.2, 0) is 0 Å². The Kier molecular flexibility index (Phi) is 6.94. The first-order valence-electron chi connectivity index (χ1n) is 4.46. The standard InChI is InChI=1S/C11H18/c1-4-7-8-9-10-11(5-2)6-3/h5,11H,2,4,6-8H2,1,3H3. The number of rotatable bonds is 4. The molecular formula is C11H18. The van der Waals surface area contributed by atoms with E-state index in [1.54, 1.807) is 0 Å². The molecule has 62 valence electrons. The van der Waals surface area contributed by atoms with Crippen LogP contribution in [0.2, 0.25) is 0 Å². The molecule has 0 N–H and O–H groups in total. The molecule has 0 amide bonds. The summed E-state index contributed by atoms with van der Waals surface area (Å²) in [5.41, 5.74) is 0. The molecule has 0 aromatic heterocycles. The van der Waals surface area contributed by atoms with Crippen LogP contribution in [0, 0.1) is 17.8 Å². The lowest BCUT2D eigenvalue weighted by atomic mass is 10.1. The minimum absolute atomic E-state index is 0.409. The van der Waals surface area contributed by atoms with Gasteiger partial charge in [-0.25, -0.2) is 0 Å².